The molecule has 1 atom stereocenters. The number of sulfonamides is 1. The second-order valence-electron chi connectivity index (χ2n) is 6.28. The fraction of sp³-hybridized carbons (Fsp3) is 0.278. The van der Waals surface area contributed by atoms with Crippen LogP contribution < -0.4 is 4.72 Å². The maximum absolute atomic E-state index is 12.9. The first kappa shape index (κ1) is 20.2. The van der Waals surface area contributed by atoms with Crippen LogP contribution in [0.3, 0.4) is 0 Å². The monoisotopic (exact) mass is 413 g/mol. The lowest BCUT2D eigenvalue weighted by atomic mass is 10.2. The number of halogens is 3. The Morgan fingerprint density at radius 2 is 1.93 bits per heavy atom. The van der Waals surface area contributed by atoms with Crippen LogP contribution in [0.15, 0.2) is 58.0 Å². The minimum Gasteiger partial charge on any atom is -0.467 e. The van der Waals surface area contributed by atoms with Crippen LogP contribution in [0.2, 0.25) is 0 Å². The zero-order valence-electron chi connectivity index (χ0n) is 15.1. The van der Waals surface area contributed by atoms with Gasteiger partial charge in [-0.05, 0) is 50.2 Å². The van der Waals surface area contributed by atoms with Gasteiger partial charge in [-0.1, -0.05) is 6.07 Å². The average Bonchev–Trinajstić information content (AvgIpc) is 3.25. The van der Waals surface area contributed by atoms with E-state index in [1.54, 1.807) is 23.7 Å². The summed E-state index contributed by atoms with van der Waals surface area (Å²) in [4.78, 5) is -0.464. The van der Waals surface area contributed by atoms with Crippen molar-refractivity contribution in [2.75, 3.05) is 6.54 Å². The molecule has 3 rings (SSSR count). The summed E-state index contributed by atoms with van der Waals surface area (Å²) < 4.78 is 73.2. The molecular formula is C18H18F3N3O3S. The van der Waals surface area contributed by atoms with Gasteiger partial charge in [0.15, 0.2) is 0 Å². The Balaban J connectivity index is 1.88. The first-order chi connectivity index (χ1) is 13.1. The van der Waals surface area contributed by atoms with E-state index >= 15 is 0 Å². The Kier molecular flexibility index (Phi) is 5.35. The molecule has 2 aromatic heterocycles. The average molecular weight is 413 g/mol. The number of furan rings is 1. The predicted octanol–water partition coefficient (Wildman–Crippen LogP) is 3.68. The van der Waals surface area contributed by atoms with Crippen LogP contribution >= 0.6 is 0 Å². The Morgan fingerprint density at radius 1 is 1.18 bits per heavy atom. The molecule has 3 aromatic rings. The van der Waals surface area contributed by atoms with E-state index in [0.29, 0.717) is 11.8 Å². The van der Waals surface area contributed by atoms with Crippen molar-refractivity contribution in [2.24, 2.45) is 0 Å². The summed E-state index contributed by atoms with van der Waals surface area (Å²) >= 11 is 0. The molecular weight excluding hydrogens is 395 g/mol. The molecule has 0 saturated heterocycles. The first-order valence-corrected chi connectivity index (χ1v) is 9.79. The summed E-state index contributed by atoms with van der Waals surface area (Å²) in [7, 11) is -4.18. The lowest BCUT2D eigenvalue weighted by molar-refractivity contribution is -0.137. The molecule has 28 heavy (non-hydrogen) atoms. The van der Waals surface area contributed by atoms with Crippen molar-refractivity contribution >= 4 is 10.0 Å². The molecule has 0 aliphatic carbocycles. The zero-order chi connectivity index (χ0) is 20.5. The largest absolute Gasteiger partial charge is 0.467 e. The SMILES string of the molecule is Cc1cc(C)n(C(CNS(=O)(=O)c2cccc(C(F)(F)F)c2)c2ccco2)n1. The molecule has 10 heteroatoms. The fourth-order valence-electron chi connectivity index (χ4n) is 2.86. The van der Waals surface area contributed by atoms with Gasteiger partial charge in [-0.15, -0.1) is 0 Å². The zero-order valence-corrected chi connectivity index (χ0v) is 15.9. The Bertz CT molecular complexity index is 1060. The first-order valence-electron chi connectivity index (χ1n) is 8.31. The van der Waals surface area contributed by atoms with Crippen LogP contribution in [-0.4, -0.2) is 24.7 Å². The number of hydrogen-bond donors (Lipinski definition) is 1. The van der Waals surface area contributed by atoms with Crippen molar-refractivity contribution in [1.29, 1.82) is 0 Å². The lowest BCUT2D eigenvalue weighted by Crippen LogP contribution is -2.32. The molecule has 0 aliphatic heterocycles. The summed E-state index contributed by atoms with van der Waals surface area (Å²) in [6.45, 7) is 3.47. The second kappa shape index (κ2) is 7.44. The van der Waals surface area contributed by atoms with Gasteiger partial charge in [0.05, 0.1) is 22.4 Å². The highest BCUT2D eigenvalue weighted by molar-refractivity contribution is 7.89. The van der Waals surface area contributed by atoms with Gasteiger partial charge in [0.2, 0.25) is 10.0 Å². The summed E-state index contributed by atoms with van der Waals surface area (Å²) in [6, 6.07) is 8.18. The Hall–Kier alpha value is -2.59. The van der Waals surface area contributed by atoms with Gasteiger partial charge in [0.1, 0.15) is 11.8 Å². The van der Waals surface area contributed by atoms with Crippen molar-refractivity contribution < 1.29 is 26.0 Å². The third-order valence-corrected chi connectivity index (χ3v) is 5.57. The van der Waals surface area contributed by atoms with Crippen molar-refractivity contribution in [1.82, 2.24) is 14.5 Å². The summed E-state index contributed by atoms with van der Waals surface area (Å²) in [5, 5.41) is 4.36. The van der Waals surface area contributed by atoms with Gasteiger partial charge in [-0.25, -0.2) is 13.1 Å². The molecule has 0 spiro atoms. The molecule has 0 bridgehead atoms. The number of hydrogen-bond acceptors (Lipinski definition) is 4. The second-order valence-corrected chi connectivity index (χ2v) is 8.05. The smallest absolute Gasteiger partial charge is 0.416 e. The number of alkyl halides is 3. The molecule has 1 aromatic carbocycles. The highest BCUT2D eigenvalue weighted by atomic mass is 32.2. The molecule has 0 amide bonds. The summed E-state index contributed by atoms with van der Waals surface area (Å²) in [5.41, 5.74) is 0.503. The maximum Gasteiger partial charge on any atom is 0.416 e. The summed E-state index contributed by atoms with van der Waals surface area (Å²) in [6.07, 6.45) is -3.18. The fourth-order valence-corrected chi connectivity index (χ4v) is 3.95. The van der Waals surface area contributed by atoms with Gasteiger partial charge >= 0.3 is 6.18 Å². The minimum absolute atomic E-state index is 0.145. The highest BCUT2D eigenvalue weighted by Gasteiger charge is 2.32. The molecule has 2 heterocycles. The third kappa shape index (κ3) is 4.28. The molecule has 0 saturated carbocycles. The van der Waals surface area contributed by atoms with E-state index in [1.165, 1.54) is 6.26 Å². The van der Waals surface area contributed by atoms with Crippen LogP contribution in [-0.2, 0) is 16.2 Å². The van der Waals surface area contributed by atoms with Gasteiger partial charge in [0.25, 0.3) is 0 Å². The maximum atomic E-state index is 12.9. The van der Waals surface area contributed by atoms with E-state index in [1.807, 2.05) is 13.0 Å². The number of nitrogens with zero attached hydrogens (tertiary/aromatic N) is 2. The minimum atomic E-state index is -4.63. The Morgan fingerprint density at radius 3 is 2.50 bits per heavy atom. The quantitative estimate of drug-likeness (QED) is 0.669. The lowest BCUT2D eigenvalue weighted by Gasteiger charge is -2.18. The van der Waals surface area contributed by atoms with E-state index in [0.717, 1.165) is 29.6 Å². The van der Waals surface area contributed by atoms with Gasteiger partial charge < -0.3 is 4.42 Å². The third-order valence-electron chi connectivity index (χ3n) is 4.15. The van der Waals surface area contributed by atoms with Crippen LogP contribution in [0, 0.1) is 13.8 Å². The van der Waals surface area contributed by atoms with Gasteiger partial charge in [-0.2, -0.15) is 18.3 Å². The standard InChI is InChI=1S/C18H18F3N3O3S/c1-12-9-13(2)24(23-12)16(17-7-4-8-27-17)11-22-28(25,26)15-6-3-5-14(10-15)18(19,20)21/h3-10,16,22H,11H2,1-2H3. The van der Waals surface area contributed by atoms with Crippen molar-refractivity contribution in [3.8, 4) is 0 Å². The van der Waals surface area contributed by atoms with Gasteiger partial charge in [0, 0.05) is 12.2 Å². The van der Waals surface area contributed by atoms with Crippen molar-refractivity contribution in [3.05, 3.63) is 71.4 Å². The van der Waals surface area contributed by atoms with Crippen molar-refractivity contribution in [3.63, 3.8) is 0 Å². The number of nitrogens with one attached hydrogen (secondary N) is 1. The van der Waals surface area contributed by atoms with Crippen LogP contribution in [0.4, 0.5) is 13.2 Å². The van der Waals surface area contributed by atoms with E-state index in [9.17, 15) is 21.6 Å². The summed E-state index contributed by atoms with van der Waals surface area (Å²) in [5.74, 6) is 0.470. The van der Waals surface area contributed by atoms with E-state index in [4.69, 9.17) is 4.42 Å². The number of benzene rings is 1. The molecule has 0 aliphatic rings. The van der Waals surface area contributed by atoms with E-state index in [-0.39, 0.29) is 6.54 Å². The molecule has 1 N–H and O–H groups in total. The predicted molar refractivity (Wildman–Crippen MR) is 95.2 cm³/mol. The van der Waals surface area contributed by atoms with E-state index < -0.39 is 32.7 Å². The molecule has 1 unspecified atom stereocenters. The number of aromatic nitrogens is 2. The van der Waals surface area contributed by atoms with Crippen LogP contribution in [0.25, 0.3) is 0 Å². The van der Waals surface area contributed by atoms with Gasteiger partial charge in [-0.3, -0.25) is 4.68 Å². The molecule has 150 valence electrons. The number of rotatable bonds is 6. The normalized spacial score (nSPS) is 13.6. The molecule has 6 nitrogen and oxygen atoms in total. The van der Waals surface area contributed by atoms with E-state index in [2.05, 4.69) is 9.82 Å². The van der Waals surface area contributed by atoms with Crippen LogP contribution in [0.5, 0.6) is 0 Å². The topological polar surface area (TPSA) is 77.1 Å². The highest BCUT2D eigenvalue weighted by Crippen LogP contribution is 2.30. The van der Waals surface area contributed by atoms with Crippen molar-refractivity contribution in [2.45, 2.75) is 31.0 Å². The Labute approximate surface area is 160 Å². The number of aryl methyl sites for hydroxylation is 2. The van der Waals surface area contributed by atoms with Crippen LogP contribution in [0.1, 0.15) is 28.8 Å². The molecule has 0 fully saturated rings. The molecule has 0 radical (unpaired) electrons.